The van der Waals surface area contributed by atoms with E-state index in [9.17, 15) is 4.79 Å². The maximum absolute atomic E-state index is 10.9. The lowest BCUT2D eigenvalue weighted by molar-refractivity contribution is -0.104. The van der Waals surface area contributed by atoms with E-state index in [1.54, 1.807) is 6.08 Å². The van der Waals surface area contributed by atoms with Crippen molar-refractivity contribution in [3.63, 3.8) is 0 Å². The molecule has 0 saturated heterocycles. The molecule has 1 N–H and O–H groups in total. The lowest BCUT2D eigenvalue weighted by atomic mass is 10.1. The van der Waals surface area contributed by atoms with Gasteiger partial charge in [0.25, 0.3) is 0 Å². The van der Waals surface area contributed by atoms with Crippen LogP contribution in [0.1, 0.15) is 42.4 Å². The number of hydrogen-bond acceptors (Lipinski definition) is 2. The summed E-state index contributed by atoms with van der Waals surface area (Å²) in [5.74, 6) is 0. The van der Waals surface area contributed by atoms with Crippen LogP contribution in [0.15, 0.2) is 29.8 Å². The summed E-state index contributed by atoms with van der Waals surface area (Å²) in [6, 6.07) is 7.60. The second kappa shape index (κ2) is 9.64. The highest BCUT2D eigenvalue weighted by atomic mass is 16.1. The standard InChI is InChI=1S/C13H17NO.C2H6/c1-3-8-14-13-6-4-12(5-7-13)9-11(2)10-15;1-2/h4-7,9-10,14H,3,8H2,1-2H3;1-2H3/b11-9-;/i2D,10D;. The molecule has 0 fully saturated rings. The van der Waals surface area contributed by atoms with Gasteiger partial charge in [-0.25, -0.2) is 0 Å². The Bertz CT molecular complexity index is 399. The van der Waals surface area contributed by atoms with Crippen LogP contribution in [-0.4, -0.2) is 12.8 Å². The minimum Gasteiger partial charge on any atom is -0.385 e. The highest BCUT2D eigenvalue weighted by molar-refractivity contribution is 5.80. The van der Waals surface area contributed by atoms with Crippen molar-refractivity contribution in [2.75, 3.05) is 11.9 Å². The Morgan fingerprint density at radius 2 is 2.06 bits per heavy atom. The Kier molecular flexibility index (Phi) is 6.75. The Hall–Kier alpha value is -1.57. The molecule has 0 amide bonds. The van der Waals surface area contributed by atoms with Gasteiger partial charge in [0.15, 0.2) is 0 Å². The maximum Gasteiger partial charge on any atom is 0.145 e. The first-order valence-electron chi connectivity index (χ1n) is 7.22. The van der Waals surface area contributed by atoms with Crippen molar-refractivity contribution in [1.82, 2.24) is 0 Å². The quantitative estimate of drug-likeness (QED) is 0.614. The number of allylic oxidation sites excluding steroid dienone is 1. The lowest BCUT2D eigenvalue weighted by Gasteiger charge is -2.04. The molecule has 0 bridgehead atoms. The molecule has 94 valence electrons. The number of rotatable bonds is 5. The fourth-order valence-corrected chi connectivity index (χ4v) is 1.20. The fourth-order valence-electron chi connectivity index (χ4n) is 1.20. The van der Waals surface area contributed by atoms with Gasteiger partial charge in [-0.15, -0.1) is 0 Å². The van der Waals surface area contributed by atoms with E-state index < -0.39 is 6.26 Å². The predicted octanol–water partition coefficient (Wildman–Crippen LogP) is 4.14. The predicted molar refractivity (Wildman–Crippen MR) is 76.3 cm³/mol. The van der Waals surface area contributed by atoms with Gasteiger partial charge in [-0.1, -0.05) is 32.9 Å². The van der Waals surface area contributed by atoms with Crippen LogP contribution < -0.4 is 5.32 Å². The molecule has 0 unspecified atom stereocenters. The van der Waals surface area contributed by atoms with Crippen molar-refractivity contribution in [3.05, 3.63) is 35.4 Å². The number of anilines is 1. The molecule has 17 heavy (non-hydrogen) atoms. The van der Waals surface area contributed by atoms with Gasteiger partial charge in [0.1, 0.15) is 7.63 Å². The lowest BCUT2D eigenvalue weighted by Crippen LogP contribution is -1.98. The van der Waals surface area contributed by atoms with E-state index in [-0.39, 0.29) is 12.5 Å². The molecule has 1 aromatic carbocycles. The Morgan fingerprint density at radius 1 is 1.41 bits per heavy atom. The van der Waals surface area contributed by atoms with Gasteiger partial charge in [-0.2, -0.15) is 0 Å². The van der Waals surface area contributed by atoms with E-state index in [1.807, 2.05) is 38.1 Å². The summed E-state index contributed by atoms with van der Waals surface area (Å²) < 4.78 is 14.1. The molecule has 1 aromatic rings. The smallest absolute Gasteiger partial charge is 0.145 e. The van der Waals surface area contributed by atoms with Crippen molar-refractivity contribution in [2.45, 2.75) is 34.1 Å². The van der Waals surface area contributed by atoms with Gasteiger partial charge in [-0.05, 0) is 42.7 Å². The summed E-state index contributed by atoms with van der Waals surface area (Å²) in [5.41, 5.74) is 2.09. The average Bonchev–Trinajstić information content (AvgIpc) is 2.45. The molecular formula is C15H23NO. The average molecular weight is 235 g/mol. The van der Waals surface area contributed by atoms with Crippen molar-refractivity contribution in [3.8, 4) is 0 Å². The highest BCUT2D eigenvalue weighted by Crippen LogP contribution is 2.11. The Balaban J connectivity index is 0.00000154. The van der Waals surface area contributed by atoms with Crippen LogP contribution in [0.25, 0.3) is 6.08 Å². The van der Waals surface area contributed by atoms with Crippen molar-refractivity contribution < 1.29 is 7.54 Å². The summed E-state index contributed by atoms with van der Waals surface area (Å²) in [6.07, 6.45) is 1.87. The van der Waals surface area contributed by atoms with E-state index in [2.05, 4.69) is 12.2 Å². The SMILES string of the molecule is CC.[2H]C/C(=C/c1ccc(NCCC)cc1)C([2H])=O. The first-order valence-corrected chi connectivity index (χ1v) is 6.02. The summed E-state index contributed by atoms with van der Waals surface area (Å²) in [7, 11) is 0. The first-order chi connectivity index (χ1) is 9.17. The third-order valence-electron chi connectivity index (χ3n) is 1.96. The zero-order valence-corrected chi connectivity index (χ0v) is 10.9. The third kappa shape index (κ3) is 6.56. The minimum absolute atomic E-state index is 0.155. The molecular weight excluding hydrogens is 210 g/mol. The van der Waals surface area contributed by atoms with E-state index in [4.69, 9.17) is 2.74 Å². The molecule has 1 rings (SSSR count). The molecule has 0 saturated carbocycles. The van der Waals surface area contributed by atoms with Gasteiger partial charge in [0, 0.05) is 13.6 Å². The summed E-state index contributed by atoms with van der Waals surface area (Å²) in [6.45, 7) is 6.88. The number of hydrogen-bond donors (Lipinski definition) is 1. The number of carbonyl (C=O) groups excluding carboxylic acids is 1. The van der Waals surface area contributed by atoms with Crippen molar-refractivity contribution >= 4 is 18.0 Å². The normalized spacial score (nSPS) is 11.8. The zero-order valence-electron chi connectivity index (χ0n) is 12.9. The highest BCUT2D eigenvalue weighted by Gasteiger charge is 1.92. The maximum atomic E-state index is 10.9. The van der Waals surface area contributed by atoms with E-state index >= 15 is 0 Å². The summed E-state index contributed by atoms with van der Waals surface area (Å²) in [5, 5.41) is 3.25. The second-order valence-electron chi connectivity index (χ2n) is 3.32. The monoisotopic (exact) mass is 235 g/mol. The summed E-state index contributed by atoms with van der Waals surface area (Å²) >= 11 is 0. The molecule has 0 radical (unpaired) electrons. The molecule has 2 heteroatoms. The van der Waals surface area contributed by atoms with Crippen LogP contribution in [-0.2, 0) is 4.79 Å². The largest absolute Gasteiger partial charge is 0.385 e. The van der Waals surface area contributed by atoms with Crippen LogP contribution in [0.4, 0.5) is 5.69 Å². The van der Waals surface area contributed by atoms with Crippen molar-refractivity contribution in [2.24, 2.45) is 0 Å². The zero-order chi connectivity index (χ0) is 14.7. The van der Waals surface area contributed by atoms with E-state index in [0.29, 0.717) is 0 Å². The first kappa shape index (κ1) is 11.9. The molecule has 0 aliphatic heterocycles. The Labute approximate surface area is 108 Å². The molecule has 0 aliphatic carbocycles. The van der Waals surface area contributed by atoms with Crippen LogP contribution >= 0.6 is 0 Å². The third-order valence-corrected chi connectivity index (χ3v) is 1.96. The molecule has 0 aliphatic rings. The fraction of sp³-hybridized carbons (Fsp3) is 0.400. The minimum atomic E-state index is -0.784. The van der Waals surface area contributed by atoms with E-state index in [0.717, 1.165) is 24.2 Å². The van der Waals surface area contributed by atoms with Crippen molar-refractivity contribution in [1.29, 1.82) is 0 Å². The Morgan fingerprint density at radius 3 is 2.53 bits per heavy atom. The number of carbonyl (C=O) groups is 1. The van der Waals surface area contributed by atoms with Crippen LogP contribution in [0.2, 0.25) is 0 Å². The van der Waals surface area contributed by atoms with E-state index in [1.165, 1.54) is 0 Å². The number of aldehydes is 1. The van der Waals surface area contributed by atoms with Crippen LogP contribution in [0.5, 0.6) is 0 Å². The topological polar surface area (TPSA) is 29.1 Å². The van der Waals surface area contributed by atoms with Gasteiger partial charge in [-0.3, -0.25) is 4.79 Å². The molecule has 0 spiro atoms. The van der Waals surface area contributed by atoms with Crippen LogP contribution in [0.3, 0.4) is 0 Å². The molecule has 0 aromatic heterocycles. The van der Waals surface area contributed by atoms with Gasteiger partial charge in [0.05, 0.1) is 0 Å². The number of benzene rings is 1. The van der Waals surface area contributed by atoms with Crippen LogP contribution in [0, 0.1) is 0 Å². The second-order valence-corrected chi connectivity index (χ2v) is 3.32. The summed E-state index contributed by atoms with van der Waals surface area (Å²) in [4.78, 5) is 10.9. The molecule has 0 heterocycles. The molecule has 0 atom stereocenters. The molecule has 2 nitrogen and oxygen atoms in total. The number of nitrogens with one attached hydrogen (secondary N) is 1. The van der Waals surface area contributed by atoms with Gasteiger partial charge in [0.2, 0.25) is 0 Å². The van der Waals surface area contributed by atoms with Gasteiger partial charge >= 0.3 is 0 Å². The van der Waals surface area contributed by atoms with Gasteiger partial charge < -0.3 is 5.32 Å².